The van der Waals surface area contributed by atoms with E-state index in [1.807, 2.05) is 31.2 Å². The van der Waals surface area contributed by atoms with Crippen LogP contribution in [0.15, 0.2) is 48.5 Å². The zero-order valence-corrected chi connectivity index (χ0v) is 11.8. The fourth-order valence-electron chi connectivity index (χ4n) is 2.36. The molecule has 4 heteroatoms. The number of anilines is 1. The molecular weight excluding hydrogens is 274 g/mol. The van der Waals surface area contributed by atoms with Gasteiger partial charge in [0.2, 0.25) is 0 Å². The lowest BCUT2D eigenvalue weighted by Gasteiger charge is -2.33. The number of para-hydroxylation sites is 2. The largest absolute Gasteiger partial charge is 0.487 e. The summed E-state index contributed by atoms with van der Waals surface area (Å²) in [6, 6.07) is 14.6. The maximum absolute atomic E-state index is 12.7. The summed E-state index contributed by atoms with van der Waals surface area (Å²) in [5, 5.41) is 0.561. The average Bonchev–Trinajstić information content (AvgIpc) is 2.45. The van der Waals surface area contributed by atoms with Gasteiger partial charge in [0, 0.05) is 10.6 Å². The van der Waals surface area contributed by atoms with Crippen LogP contribution in [0.2, 0.25) is 5.02 Å². The van der Waals surface area contributed by atoms with Crippen molar-refractivity contribution in [3.05, 3.63) is 59.1 Å². The van der Waals surface area contributed by atoms with Crippen molar-refractivity contribution < 1.29 is 9.53 Å². The molecule has 1 atom stereocenters. The topological polar surface area (TPSA) is 29.5 Å². The molecule has 0 saturated carbocycles. The summed E-state index contributed by atoms with van der Waals surface area (Å²) in [6.07, 6.45) is -0.0342. The van der Waals surface area contributed by atoms with Crippen LogP contribution < -0.4 is 9.64 Å². The van der Waals surface area contributed by atoms with E-state index < -0.39 is 0 Å². The van der Waals surface area contributed by atoms with Gasteiger partial charge in [-0.25, -0.2) is 0 Å². The SMILES string of the molecule is CC1CN(C(=O)c2cccc(Cl)c2)c2ccccc2O1. The van der Waals surface area contributed by atoms with E-state index in [4.69, 9.17) is 16.3 Å². The quantitative estimate of drug-likeness (QED) is 0.799. The Labute approximate surface area is 122 Å². The van der Waals surface area contributed by atoms with E-state index in [0.29, 0.717) is 17.1 Å². The fraction of sp³-hybridized carbons (Fsp3) is 0.188. The molecule has 0 radical (unpaired) electrons. The summed E-state index contributed by atoms with van der Waals surface area (Å²) >= 11 is 5.96. The average molecular weight is 288 g/mol. The smallest absolute Gasteiger partial charge is 0.258 e. The van der Waals surface area contributed by atoms with Gasteiger partial charge in [0.25, 0.3) is 5.91 Å². The first-order chi connectivity index (χ1) is 9.65. The van der Waals surface area contributed by atoms with Crippen molar-refractivity contribution in [2.75, 3.05) is 11.4 Å². The summed E-state index contributed by atoms with van der Waals surface area (Å²) < 4.78 is 5.75. The first-order valence-corrected chi connectivity index (χ1v) is 6.86. The predicted octanol–water partition coefficient (Wildman–Crippen LogP) is 3.77. The fourth-order valence-corrected chi connectivity index (χ4v) is 2.55. The minimum absolute atomic E-state index is 0.0342. The highest BCUT2D eigenvalue weighted by Gasteiger charge is 2.27. The molecule has 2 aromatic rings. The van der Waals surface area contributed by atoms with E-state index in [1.54, 1.807) is 29.2 Å². The number of hydrogen-bond acceptors (Lipinski definition) is 2. The summed E-state index contributed by atoms with van der Waals surface area (Å²) in [5.74, 6) is 0.678. The second-order valence-corrected chi connectivity index (χ2v) is 5.26. The summed E-state index contributed by atoms with van der Waals surface area (Å²) in [5.41, 5.74) is 1.39. The molecule has 0 aromatic heterocycles. The van der Waals surface area contributed by atoms with Crippen molar-refractivity contribution in [3.8, 4) is 5.75 Å². The van der Waals surface area contributed by atoms with E-state index in [2.05, 4.69) is 0 Å². The van der Waals surface area contributed by atoms with Gasteiger partial charge in [-0.2, -0.15) is 0 Å². The van der Waals surface area contributed by atoms with E-state index in [1.165, 1.54) is 0 Å². The summed E-state index contributed by atoms with van der Waals surface area (Å²) in [4.78, 5) is 14.4. The van der Waals surface area contributed by atoms with E-state index in [9.17, 15) is 4.79 Å². The van der Waals surface area contributed by atoms with Crippen LogP contribution in [0.3, 0.4) is 0 Å². The molecule has 1 unspecified atom stereocenters. The highest BCUT2D eigenvalue weighted by molar-refractivity contribution is 6.31. The van der Waals surface area contributed by atoms with E-state index in [-0.39, 0.29) is 12.0 Å². The Balaban J connectivity index is 2.00. The van der Waals surface area contributed by atoms with Crippen molar-refractivity contribution in [2.24, 2.45) is 0 Å². The van der Waals surface area contributed by atoms with Gasteiger partial charge >= 0.3 is 0 Å². The van der Waals surface area contributed by atoms with Gasteiger partial charge in [0.05, 0.1) is 12.2 Å². The van der Waals surface area contributed by atoms with Crippen LogP contribution >= 0.6 is 11.6 Å². The molecule has 3 rings (SSSR count). The van der Waals surface area contributed by atoms with Gasteiger partial charge in [-0.05, 0) is 37.3 Å². The molecule has 20 heavy (non-hydrogen) atoms. The third-order valence-electron chi connectivity index (χ3n) is 3.24. The summed E-state index contributed by atoms with van der Waals surface area (Å²) in [6.45, 7) is 2.48. The lowest BCUT2D eigenvalue weighted by molar-refractivity contribution is 0.0961. The van der Waals surface area contributed by atoms with Gasteiger partial charge in [0.1, 0.15) is 11.9 Å². The molecule has 1 aliphatic heterocycles. The second-order valence-electron chi connectivity index (χ2n) is 4.82. The van der Waals surface area contributed by atoms with Crippen molar-refractivity contribution in [2.45, 2.75) is 13.0 Å². The maximum Gasteiger partial charge on any atom is 0.258 e. The molecule has 0 aliphatic carbocycles. The first kappa shape index (κ1) is 13.0. The Morgan fingerprint density at radius 3 is 2.85 bits per heavy atom. The number of amides is 1. The Kier molecular flexibility index (Phi) is 3.36. The number of nitrogens with zero attached hydrogens (tertiary/aromatic N) is 1. The minimum atomic E-state index is -0.0601. The standard InChI is InChI=1S/C16H14ClNO2/c1-11-10-18(14-7-2-3-8-15(14)20-11)16(19)12-5-4-6-13(17)9-12/h2-9,11H,10H2,1H3. The zero-order chi connectivity index (χ0) is 14.1. The van der Waals surface area contributed by atoms with Gasteiger partial charge < -0.3 is 9.64 Å². The zero-order valence-electron chi connectivity index (χ0n) is 11.0. The maximum atomic E-state index is 12.7. The molecule has 1 amide bonds. The number of benzene rings is 2. The number of carbonyl (C=O) groups excluding carboxylic acids is 1. The Hall–Kier alpha value is -2.00. The van der Waals surface area contributed by atoms with Crippen LogP contribution in [-0.2, 0) is 0 Å². The number of ether oxygens (including phenoxy) is 1. The molecule has 3 nitrogen and oxygen atoms in total. The number of hydrogen-bond donors (Lipinski definition) is 0. The minimum Gasteiger partial charge on any atom is -0.487 e. The van der Waals surface area contributed by atoms with Crippen molar-refractivity contribution in [1.82, 2.24) is 0 Å². The third-order valence-corrected chi connectivity index (χ3v) is 3.48. The van der Waals surface area contributed by atoms with Crippen LogP contribution in [0, 0.1) is 0 Å². The van der Waals surface area contributed by atoms with E-state index >= 15 is 0 Å². The lowest BCUT2D eigenvalue weighted by atomic mass is 10.1. The van der Waals surface area contributed by atoms with Crippen LogP contribution in [0.25, 0.3) is 0 Å². The molecule has 1 heterocycles. The van der Waals surface area contributed by atoms with E-state index in [0.717, 1.165) is 11.4 Å². The van der Waals surface area contributed by atoms with Crippen molar-refractivity contribution >= 4 is 23.2 Å². The highest BCUT2D eigenvalue weighted by Crippen LogP contribution is 2.34. The molecule has 0 fully saturated rings. The van der Waals surface area contributed by atoms with Crippen LogP contribution in [-0.4, -0.2) is 18.6 Å². The molecular formula is C16H14ClNO2. The molecule has 0 bridgehead atoms. The molecule has 0 spiro atoms. The predicted molar refractivity (Wildman–Crippen MR) is 79.7 cm³/mol. The van der Waals surface area contributed by atoms with Crippen LogP contribution in [0.1, 0.15) is 17.3 Å². The molecule has 2 aromatic carbocycles. The number of rotatable bonds is 1. The van der Waals surface area contributed by atoms with Crippen molar-refractivity contribution in [3.63, 3.8) is 0 Å². The van der Waals surface area contributed by atoms with Gasteiger partial charge in [-0.3, -0.25) is 4.79 Å². The van der Waals surface area contributed by atoms with Crippen LogP contribution in [0.5, 0.6) is 5.75 Å². The molecule has 0 N–H and O–H groups in total. The number of carbonyl (C=O) groups is 1. The third kappa shape index (κ3) is 2.37. The van der Waals surface area contributed by atoms with Crippen molar-refractivity contribution in [1.29, 1.82) is 0 Å². The lowest BCUT2D eigenvalue weighted by Crippen LogP contribution is -2.42. The Morgan fingerprint density at radius 1 is 1.25 bits per heavy atom. The monoisotopic (exact) mass is 287 g/mol. The van der Waals surface area contributed by atoms with Gasteiger partial charge in [-0.15, -0.1) is 0 Å². The first-order valence-electron chi connectivity index (χ1n) is 6.48. The molecule has 0 saturated heterocycles. The van der Waals surface area contributed by atoms with Gasteiger partial charge in [0.15, 0.2) is 0 Å². The Morgan fingerprint density at radius 2 is 2.05 bits per heavy atom. The molecule has 102 valence electrons. The Bertz CT molecular complexity index is 656. The summed E-state index contributed by atoms with van der Waals surface area (Å²) in [7, 11) is 0. The second kappa shape index (κ2) is 5.17. The number of fused-ring (bicyclic) bond motifs is 1. The normalized spacial score (nSPS) is 17.3. The van der Waals surface area contributed by atoms with Crippen LogP contribution in [0.4, 0.5) is 5.69 Å². The van der Waals surface area contributed by atoms with Gasteiger partial charge in [-0.1, -0.05) is 29.8 Å². The number of halogens is 1. The highest BCUT2D eigenvalue weighted by atomic mass is 35.5. The molecule has 1 aliphatic rings.